The molecule has 20 heavy (non-hydrogen) atoms. The average molecular weight is 268 g/mol. The van der Waals surface area contributed by atoms with E-state index in [1.54, 1.807) is 30.6 Å². The van der Waals surface area contributed by atoms with E-state index >= 15 is 0 Å². The molecule has 0 atom stereocenters. The van der Waals surface area contributed by atoms with Crippen molar-refractivity contribution < 1.29 is 9.90 Å². The van der Waals surface area contributed by atoms with Crippen LogP contribution < -0.4 is 5.43 Å². The largest absolute Gasteiger partial charge is 0.476 e. The summed E-state index contributed by atoms with van der Waals surface area (Å²) in [4.78, 5) is 30.6. The van der Waals surface area contributed by atoms with Crippen molar-refractivity contribution in [2.75, 3.05) is 0 Å². The van der Waals surface area contributed by atoms with Gasteiger partial charge in [0, 0.05) is 24.7 Å². The van der Waals surface area contributed by atoms with Crippen LogP contribution in [0.5, 0.6) is 0 Å². The summed E-state index contributed by atoms with van der Waals surface area (Å²) >= 11 is 0. The summed E-state index contributed by atoms with van der Waals surface area (Å²) in [7, 11) is 0. The highest BCUT2D eigenvalue weighted by atomic mass is 16.4. The van der Waals surface area contributed by atoms with Crippen LogP contribution in [0.15, 0.2) is 47.7 Å². The number of carbonyl (C=O) groups is 1. The second-order valence-electron chi connectivity index (χ2n) is 4.01. The molecule has 0 saturated carbocycles. The second-order valence-corrected chi connectivity index (χ2v) is 4.01. The Balaban J connectivity index is 2.18. The van der Waals surface area contributed by atoms with Gasteiger partial charge in [0.25, 0.3) is 0 Å². The number of carboxylic acid groups (broad SMARTS) is 1. The summed E-state index contributed by atoms with van der Waals surface area (Å²) in [5.41, 5.74) is 0.819. The van der Waals surface area contributed by atoms with Gasteiger partial charge in [0.15, 0.2) is 0 Å². The van der Waals surface area contributed by atoms with E-state index < -0.39 is 17.1 Å². The summed E-state index contributed by atoms with van der Waals surface area (Å²) in [6.45, 7) is 0. The van der Waals surface area contributed by atoms with Crippen molar-refractivity contribution in [3.63, 3.8) is 0 Å². The molecule has 0 spiro atoms. The highest BCUT2D eigenvalue weighted by Gasteiger charge is 2.11. The first-order valence-electron chi connectivity index (χ1n) is 5.69. The number of hydrogen-bond acceptors (Lipinski definition) is 5. The van der Waals surface area contributed by atoms with E-state index in [2.05, 4.69) is 15.1 Å². The first-order valence-corrected chi connectivity index (χ1v) is 5.69. The van der Waals surface area contributed by atoms with E-state index in [0.29, 0.717) is 11.2 Å². The normalized spacial score (nSPS) is 10.6. The van der Waals surface area contributed by atoms with Crippen LogP contribution in [0, 0.1) is 0 Å². The van der Waals surface area contributed by atoms with Crippen molar-refractivity contribution in [3.05, 3.63) is 58.8 Å². The molecule has 0 bridgehead atoms. The second kappa shape index (κ2) is 4.54. The number of nitrogens with zero attached hydrogens (tertiary/aromatic N) is 4. The molecule has 0 aliphatic carbocycles. The lowest BCUT2D eigenvalue weighted by Gasteiger charge is -2.06. The van der Waals surface area contributed by atoms with E-state index in [0.717, 1.165) is 11.6 Å². The molecule has 0 saturated heterocycles. The van der Waals surface area contributed by atoms with Crippen LogP contribution in [0.4, 0.5) is 0 Å². The van der Waals surface area contributed by atoms with Gasteiger partial charge in [0.1, 0.15) is 0 Å². The lowest BCUT2D eigenvalue weighted by atomic mass is 10.2. The molecule has 3 rings (SSSR count). The smallest absolute Gasteiger partial charge is 0.360 e. The molecule has 0 aliphatic heterocycles. The van der Waals surface area contributed by atoms with Gasteiger partial charge in [-0.3, -0.25) is 14.8 Å². The molecule has 0 amide bonds. The summed E-state index contributed by atoms with van der Waals surface area (Å²) in [5.74, 6) is -1.36. The molecular formula is C13H8N4O3. The monoisotopic (exact) mass is 268 g/mol. The van der Waals surface area contributed by atoms with Gasteiger partial charge in [-0.15, -0.1) is 0 Å². The summed E-state index contributed by atoms with van der Waals surface area (Å²) in [5, 5.41) is 12.7. The van der Waals surface area contributed by atoms with Crippen molar-refractivity contribution in [2.24, 2.45) is 0 Å². The van der Waals surface area contributed by atoms with Crippen molar-refractivity contribution in [2.45, 2.75) is 0 Å². The fourth-order valence-electron chi connectivity index (χ4n) is 1.79. The molecule has 7 nitrogen and oxygen atoms in total. The Morgan fingerprint density at radius 1 is 1.10 bits per heavy atom. The van der Waals surface area contributed by atoms with E-state index in [4.69, 9.17) is 5.11 Å². The first kappa shape index (κ1) is 12.0. The van der Waals surface area contributed by atoms with E-state index in [1.807, 2.05) is 0 Å². The highest BCUT2D eigenvalue weighted by Crippen LogP contribution is 2.13. The zero-order valence-electron chi connectivity index (χ0n) is 10.1. The van der Waals surface area contributed by atoms with Gasteiger partial charge in [0.05, 0.1) is 16.7 Å². The van der Waals surface area contributed by atoms with Crippen LogP contribution in [0.3, 0.4) is 0 Å². The maximum Gasteiger partial charge on any atom is 0.360 e. The van der Waals surface area contributed by atoms with Crippen LogP contribution in [-0.2, 0) is 0 Å². The average Bonchev–Trinajstić information content (AvgIpc) is 2.47. The van der Waals surface area contributed by atoms with Crippen molar-refractivity contribution in [3.8, 4) is 5.69 Å². The van der Waals surface area contributed by atoms with Crippen molar-refractivity contribution in [1.82, 2.24) is 19.7 Å². The van der Waals surface area contributed by atoms with Crippen LogP contribution in [0.1, 0.15) is 10.5 Å². The van der Waals surface area contributed by atoms with Gasteiger partial charge in [-0.25, -0.2) is 9.48 Å². The number of carboxylic acids is 1. The molecule has 3 aromatic rings. The minimum absolute atomic E-state index is 0.522. The maximum absolute atomic E-state index is 11.4. The predicted octanol–water partition coefficient (Wildman–Crippen LogP) is 0.874. The Morgan fingerprint density at radius 3 is 2.60 bits per heavy atom. The van der Waals surface area contributed by atoms with Crippen LogP contribution in [-0.4, -0.2) is 30.8 Å². The highest BCUT2D eigenvalue weighted by molar-refractivity contribution is 5.85. The van der Waals surface area contributed by atoms with Crippen molar-refractivity contribution in [1.29, 1.82) is 0 Å². The minimum atomic E-state index is -1.36. The zero-order valence-corrected chi connectivity index (χ0v) is 10.1. The molecule has 7 heteroatoms. The van der Waals surface area contributed by atoms with E-state index in [-0.39, 0.29) is 0 Å². The molecule has 0 aliphatic rings. The molecule has 0 fully saturated rings. The summed E-state index contributed by atoms with van der Waals surface area (Å²) in [6.07, 6.45) is 4.56. The SMILES string of the molecule is O=C(O)c1nn(-c2ccc3nccnc3c2)ccc1=O. The predicted molar refractivity (Wildman–Crippen MR) is 69.9 cm³/mol. The summed E-state index contributed by atoms with van der Waals surface area (Å²) in [6, 6.07) is 6.35. The fourth-order valence-corrected chi connectivity index (χ4v) is 1.79. The van der Waals surface area contributed by atoms with E-state index in [9.17, 15) is 9.59 Å². The van der Waals surface area contributed by atoms with Gasteiger partial charge < -0.3 is 5.11 Å². The van der Waals surface area contributed by atoms with Gasteiger partial charge in [-0.1, -0.05) is 0 Å². The van der Waals surface area contributed by atoms with Gasteiger partial charge in [0.2, 0.25) is 11.1 Å². The number of fused-ring (bicyclic) bond motifs is 1. The van der Waals surface area contributed by atoms with Gasteiger partial charge in [-0.2, -0.15) is 5.10 Å². The molecule has 1 aromatic carbocycles. The number of benzene rings is 1. The fraction of sp³-hybridized carbons (Fsp3) is 0. The van der Waals surface area contributed by atoms with Crippen LogP contribution >= 0.6 is 0 Å². The number of aromatic carboxylic acids is 1. The van der Waals surface area contributed by atoms with E-state index in [1.165, 1.54) is 10.9 Å². The standard InChI is InChI=1S/C13H8N4O3/c18-11-3-6-17(16-12(11)13(19)20)8-1-2-9-10(7-8)15-5-4-14-9/h1-7H,(H,19,20). The first-order chi connectivity index (χ1) is 9.65. The molecule has 98 valence electrons. The number of hydrogen-bond donors (Lipinski definition) is 1. The third-order valence-electron chi connectivity index (χ3n) is 2.73. The minimum Gasteiger partial charge on any atom is -0.476 e. The Hall–Kier alpha value is -3.09. The van der Waals surface area contributed by atoms with Crippen LogP contribution in [0.25, 0.3) is 16.7 Å². The van der Waals surface area contributed by atoms with Gasteiger partial charge >= 0.3 is 5.97 Å². The molecule has 0 unspecified atom stereocenters. The number of aromatic nitrogens is 4. The van der Waals surface area contributed by atoms with Gasteiger partial charge in [-0.05, 0) is 18.2 Å². The lowest BCUT2D eigenvalue weighted by molar-refractivity contribution is 0.0687. The Morgan fingerprint density at radius 2 is 1.85 bits per heavy atom. The third kappa shape index (κ3) is 2.01. The molecule has 1 N–H and O–H groups in total. The molecule has 0 radical (unpaired) electrons. The lowest BCUT2D eigenvalue weighted by Crippen LogP contribution is -2.20. The van der Waals surface area contributed by atoms with Crippen LogP contribution in [0.2, 0.25) is 0 Å². The Labute approximate surface area is 112 Å². The third-order valence-corrected chi connectivity index (χ3v) is 2.73. The molecule has 2 aromatic heterocycles. The molecule has 2 heterocycles. The number of rotatable bonds is 2. The Kier molecular flexibility index (Phi) is 2.72. The molecular weight excluding hydrogens is 260 g/mol. The maximum atomic E-state index is 11.4. The quantitative estimate of drug-likeness (QED) is 0.740. The summed E-state index contributed by atoms with van der Waals surface area (Å²) < 4.78 is 1.32. The van der Waals surface area contributed by atoms with Crippen molar-refractivity contribution >= 4 is 17.0 Å². The zero-order chi connectivity index (χ0) is 14.1. The Bertz CT molecular complexity index is 873. The topological polar surface area (TPSA) is 98.0 Å².